The van der Waals surface area contributed by atoms with Crippen LogP contribution in [0.4, 0.5) is 0 Å². The summed E-state index contributed by atoms with van der Waals surface area (Å²) in [4.78, 5) is 0. The summed E-state index contributed by atoms with van der Waals surface area (Å²) in [5, 5.41) is 4.37. The Bertz CT molecular complexity index is 587. The van der Waals surface area contributed by atoms with Crippen molar-refractivity contribution in [2.75, 3.05) is 26.3 Å². The smallest absolute Gasteiger partial charge is 0.279 e. The van der Waals surface area contributed by atoms with Gasteiger partial charge in [-0.2, -0.15) is 22.5 Å². The van der Waals surface area contributed by atoms with Crippen LogP contribution >= 0.6 is 0 Å². The molecule has 0 aromatic carbocycles. The van der Waals surface area contributed by atoms with E-state index in [9.17, 15) is 8.42 Å². The number of morpholine rings is 1. The molecule has 22 heavy (non-hydrogen) atoms. The lowest BCUT2D eigenvalue weighted by Gasteiger charge is -2.32. The maximum atomic E-state index is 12.4. The summed E-state index contributed by atoms with van der Waals surface area (Å²) in [6, 6.07) is 0.415. The van der Waals surface area contributed by atoms with Gasteiger partial charge in [0.25, 0.3) is 10.2 Å². The van der Waals surface area contributed by atoms with Gasteiger partial charge in [-0.3, -0.25) is 4.68 Å². The molecule has 2 fully saturated rings. The molecule has 1 aromatic heterocycles. The highest BCUT2D eigenvalue weighted by Crippen LogP contribution is 2.28. The Kier molecular flexibility index (Phi) is 4.82. The normalized spacial score (nSPS) is 27.9. The highest BCUT2D eigenvalue weighted by atomic mass is 32.2. The van der Waals surface area contributed by atoms with E-state index in [-0.39, 0.29) is 6.04 Å². The van der Waals surface area contributed by atoms with Gasteiger partial charge in [-0.15, -0.1) is 0 Å². The molecule has 1 aliphatic heterocycles. The van der Waals surface area contributed by atoms with E-state index in [1.165, 1.54) is 4.31 Å². The number of aromatic nitrogens is 2. The van der Waals surface area contributed by atoms with Crippen LogP contribution in [0.2, 0.25) is 0 Å². The van der Waals surface area contributed by atoms with Gasteiger partial charge in [0.05, 0.1) is 25.5 Å². The van der Waals surface area contributed by atoms with Crippen LogP contribution in [0.5, 0.6) is 0 Å². The summed E-state index contributed by atoms with van der Waals surface area (Å²) < 4.78 is 36.3. The van der Waals surface area contributed by atoms with Gasteiger partial charge >= 0.3 is 0 Å². The Hall–Kier alpha value is -0.960. The standard InChI is InChI=1S/C14H24N4O3S/c1-12-10-15-18(11-12)14-4-2-13(3-5-14)16-22(19,20)17-6-8-21-9-7-17/h10-11,13-14,16H,2-9H2,1H3. The van der Waals surface area contributed by atoms with Crippen molar-refractivity contribution < 1.29 is 13.2 Å². The van der Waals surface area contributed by atoms with Gasteiger partial charge in [-0.05, 0) is 38.2 Å². The molecule has 8 heteroatoms. The maximum Gasteiger partial charge on any atom is 0.279 e. The van der Waals surface area contributed by atoms with Crippen LogP contribution in [0.15, 0.2) is 12.4 Å². The van der Waals surface area contributed by atoms with Crippen molar-refractivity contribution in [1.82, 2.24) is 18.8 Å². The lowest BCUT2D eigenvalue weighted by Crippen LogP contribution is -2.50. The van der Waals surface area contributed by atoms with E-state index in [1.54, 1.807) is 0 Å². The van der Waals surface area contributed by atoms with Crippen LogP contribution in [-0.2, 0) is 14.9 Å². The molecule has 0 bridgehead atoms. The largest absolute Gasteiger partial charge is 0.379 e. The van der Waals surface area contributed by atoms with Gasteiger partial charge in [0.1, 0.15) is 0 Å². The van der Waals surface area contributed by atoms with Crippen molar-refractivity contribution in [2.24, 2.45) is 0 Å². The maximum absolute atomic E-state index is 12.4. The van der Waals surface area contributed by atoms with Crippen molar-refractivity contribution in [3.63, 3.8) is 0 Å². The fraction of sp³-hybridized carbons (Fsp3) is 0.786. The molecule has 1 N–H and O–H groups in total. The van der Waals surface area contributed by atoms with Gasteiger partial charge in [0.15, 0.2) is 0 Å². The quantitative estimate of drug-likeness (QED) is 0.889. The first-order chi connectivity index (χ1) is 10.5. The summed E-state index contributed by atoms with van der Waals surface area (Å²) >= 11 is 0. The molecule has 0 atom stereocenters. The fourth-order valence-electron chi connectivity index (χ4n) is 3.16. The second-order valence-electron chi connectivity index (χ2n) is 6.14. The van der Waals surface area contributed by atoms with Crippen LogP contribution in [0.1, 0.15) is 37.3 Å². The van der Waals surface area contributed by atoms with Crippen molar-refractivity contribution in [2.45, 2.75) is 44.7 Å². The zero-order valence-electron chi connectivity index (χ0n) is 12.9. The van der Waals surface area contributed by atoms with Gasteiger partial charge in [-0.1, -0.05) is 0 Å². The van der Waals surface area contributed by atoms with Crippen molar-refractivity contribution in [3.05, 3.63) is 18.0 Å². The van der Waals surface area contributed by atoms with E-state index in [2.05, 4.69) is 16.0 Å². The van der Waals surface area contributed by atoms with E-state index in [0.717, 1.165) is 31.2 Å². The number of hydrogen-bond acceptors (Lipinski definition) is 4. The third-order valence-electron chi connectivity index (χ3n) is 4.43. The molecule has 1 aromatic rings. The van der Waals surface area contributed by atoms with Crippen molar-refractivity contribution in [1.29, 1.82) is 0 Å². The summed E-state index contributed by atoms with van der Waals surface area (Å²) in [5.74, 6) is 0. The number of nitrogens with one attached hydrogen (secondary N) is 1. The number of nitrogens with zero attached hydrogens (tertiary/aromatic N) is 3. The summed E-state index contributed by atoms with van der Waals surface area (Å²) in [6.45, 7) is 3.87. The predicted octanol–water partition coefficient (Wildman–Crippen LogP) is 0.842. The minimum Gasteiger partial charge on any atom is -0.379 e. The second-order valence-corrected chi connectivity index (χ2v) is 7.84. The summed E-state index contributed by atoms with van der Waals surface area (Å²) in [7, 11) is -3.38. The number of hydrogen-bond donors (Lipinski definition) is 1. The lowest BCUT2D eigenvalue weighted by atomic mass is 9.92. The van der Waals surface area contributed by atoms with Crippen LogP contribution in [-0.4, -0.2) is 54.8 Å². The molecule has 0 amide bonds. The Morgan fingerprint density at radius 3 is 2.50 bits per heavy atom. The monoisotopic (exact) mass is 328 g/mol. The van der Waals surface area contributed by atoms with Crippen molar-refractivity contribution in [3.8, 4) is 0 Å². The van der Waals surface area contributed by atoms with Gasteiger partial charge < -0.3 is 4.74 Å². The molecule has 124 valence electrons. The Balaban J connectivity index is 1.53. The molecule has 2 aliphatic rings. The molecule has 0 unspecified atom stereocenters. The third kappa shape index (κ3) is 3.68. The Morgan fingerprint density at radius 1 is 1.23 bits per heavy atom. The van der Waals surface area contributed by atoms with E-state index in [4.69, 9.17) is 4.74 Å². The number of aryl methyl sites for hydroxylation is 1. The molecule has 1 saturated heterocycles. The minimum absolute atomic E-state index is 0.0285. The fourth-order valence-corrected chi connectivity index (χ4v) is 4.60. The van der Waals surface area contributed by atoms with Gasteiger partial charge in [0.2, 0.25) is 0 Å². The van der Waals surface area contributed by atoms with E-state index < -0.39 is 10.2 Å². The molecule has 0 radical (unpaired) electrons. The lowest BCUT2D eigenvalue weighted by molar-refractivity contribution is 0.0721. The number of ether oxygens (including phenoxy) is 1. The van der Waals surface area contributed by atoms with Crippen LogP contribution in [0.3, 0.4) is 0 Å². The van der Waals surface area contributed by atoms with Crippen LogP contribution < -0.4 is 4.72 Å². The SMILES string of the molecule is Cc1cnn(C2CCC(NS(=O)(=O)N3CCOCC3)CC2)c1. The molecule has 3 rings (SSSR count). The summed E-state index contributed by atoms with van der Waals surface area (Å²) in [6.07, 6.45) is 7.55. The van der Waals surface area contributed by atoms with Crippen LogP contribution in [0, 0.1) is 6.92 Å². The third-order valence-corrected chi connectivity index (χ3v) is 6.10. The van der Waals surface area contributed by atoms with E-state index in [1.807, 2.05) is 17.8 Å². The summed E-state index contributed by atoms with van der Waals surface area (Å²) in [5.41, 5.74) is 1.16. The molecular formula is C14H24N4O3S. The molecule has 2 heterocycles. The van der Waals surface area contributed by atoms with E-state index >= 15 is 0 Å². The minimum atomic E-state index is -3.38. The molecular weight excluding hydrogens is 304 g/mol. The Labute approximate surface area is 131 Å². The molecule has 1 aliphatic carbocycles. The first-order valence-electron chi connectivity index (χ1n) is 7.90. The zero-order valence-corrected chi connectivity index (χ0v) is 13.8. The Morgan fingerprint density at radius 2 is 1.91 bits per heavy atom. The van der Waals surface area contributed by atoms with E-state index in [0.29, 0.717) is 32.3 Å². The molecule has 0 spiro atoms. The first-order valence-corrected chi connectivity index (χ1v) is 9.34. The predicted molar refractivity (Wildman–Crippen MR) is 82.7 cm³/mol. The average molecular weight is 328 g/mol. The van der Waals surface area contributed by atoms with Crippen LogP contribution in [0.25, 0.3) is 0 Å². The number of rotatable bonds is 4. The average Bonchev–Trinajstić information content (AvgIpc) is 2.95. The zero-order chi connectivity index (χ0) is 15.6. The topological polar surface area (TPSA) is 76.5 Å². The molecule has 1 saturated carbocycles. The van der Waals surface area contributed by atoms with Crippen molar-refractivity contribution >= 4 is 10.2 Å². The highest BCUT2D eigenvalue weighted by Gasteiger charge is 2.30. The molecule has 7 nitrogen and oxygen atoms in total. The first kappa shape index (κ1) is 15.9. The second kappa shape index (κ2) is 6.66. The highest BCUT2D eigenvalue weighted by molar-refractivity contribution is 7.87. The van der Waals surface area contributed by atoms with Gasteiger partial charge in [-0.25, -0.2) is 0 Å². The van der Waals surface area contributed by atoms with Gasteiger partial charge in [0, 0.05) is 25.3 Å².